The minimum absolute atomic E-state index is 0.0833. The summed E-state index contributed by atoms with van der Waals surface area (Å²) in [5.41, 5.74) is 2.56. The standard InChI is InChI=1S/C50H38N26O6S2/c77-83(78,79)39-27-33(51-45-53-41(57-47-61-65-69-73(47)35-13-5-1-6-14-35)29-42(54-45)58-48-62-66-70-74(48)36-15-7-2-8-16-36)25-23-31(39)21-22-32-24-26-34(28-40(32)84(80,81)82)52-46-55-43(59-49-63-67-71-75(49)37-17-9-3-10-18-37)30-44(56-46)60-50-64-68-72-76(50)38-19-11-4-12-20-38/h1-30H,(H,77,78,79)(H,80,81,82)(H3,51,53,54,57,58,61,62,69,70)(H3,52,55,56,59,60,63,64,71,72). The van der Waals surface area contributed by atoms with Crippen molar-refractivity contribution in [1.29, 1.82) is 0 Å². The van der Waals surface area contributed by atoms with Crippen molar-refractivity contribution in [3.05, 3.63) is 181 Å². The second-order valence-electron chi connectivity index (χ2n) is 17.5. The Hall–Kier alpha value is -11.9. The van der Waals surface area contributed by atoms with E-state index < -0.39 is 30.0 Å². The predicted molar refractivity (Wildman–Crippen MR) is 302 cm³/mol. The lowest BCUT2D eigenvalue weighted by Gasteiger charge is -2.13. The smallest absolute Gasteiger partial charge is 0.295 e. The summed E-state index contributed by atoms with van der Waals surface area (Å²) in [5, 5.41) is 66.4. The van der Waals surface area contributed by atoms with Crippen LogP contribution in [0, 0.1) is 0 Å². The molecule has 0 amide bonds. The number of para-hydroxylation sites is 4. The Balaban J connectivity index is 0.835. The maximum absolute atomic E-state index is 13.1. The Morgan fingerprint density at radius 1 is 0.345 bits per heavy atom. The molecule has 0 fully saturated rings. The summed E-state index contributed by atoms with van der Waals surface area (Å²) < 4.78 is 79.2. The monoisotopic (exact) mass is 1160 g/mol. The summed E-state index contributed by atoms with van der Waals surface area (Å²) in [6.45, 7) is 0. The molecule has 12 rings (SSSR count). The molecule has 6 aromatic heterocycles. The van der Waals surface area contributed by atoms with Crippen molar-refractivity contribution in [1.82, 2.24) is 101 Å². The third kappa shape index (κ3) is 12.0. The molecule has 0 saturated carbocycles. The van der Waals surface area contributed by atoms with Crippen LogP contribution in [0.5, 0.6) is 0 Å². The number of rotatable bonds is 20. The number of hydrogen-bond donors (Lipinski definition) is 8. The van der Waals surface area contributed by atoms with E-state index in [-0.39, 0.29) is 81.5 Å². The molecule has 0 spiro atoms. The normalized spacial score (nSPS) is 11.6. The first-order valence-electron chi connectivity index (χ1n) is 24.5. The van der Waals surface area contributed by atoms with E-state index in [2.05, 4.69) is 114 Å². The van der Waals surface area contributed by atoms with Crippen molar-refractivity contribution >= 4 is 103 Å². The number of nitrogens with one attached hydrogen (secondary N) is 6. The van der Waals surface area contributed by atoms with E-state index in [1.165, 1.54) is 67.3 Å². The maximum Gasteiger partial charge on any atom is 0.295 e. The van der Waals surface area contributed by atoms with E-state index >= 15 is 0 Å². The van der Waals surface area contributed by atoms with Gasteiger partial charge in [-0.2, -0.15) is 55.5 Å². The highest BCUT2D eigenvalue weighted by Crippen LogP contribution is 2.31. The molecule has 6 heterocycles. The molecule has 0 atom stereocenters. The molecule has 32 nitrogen and oxygen atoms in total. The van der Waals surface area contributed by atoms with Gasteiger partial charge < -0.3 is 31.9 Å². The second-order valence-corrected chi connectivity index (χ2v) is 20.2. The van der Waals surface area contributed by atoms with Gasteiger partial charge >= 0.3 is 0 Å². The van der Waals surface area contributed by atoms with Crippen LogP contribution in [-0.4, -0.2) is 127 Å². The third-order valence-electron chi connectivity index (χ3n) is 11.8. The first kappa shape index (κ1) is 52.8. The number of hydrogen-bond acceptors (Lipinski definition) is 26. The molecule has 84 heavy (non-hydrogen) atoms. The number of aromatic nitrogens is 20. The average molecular weight is 1160 g/mol. The van der Waals surface area contributed by atoms with Crippen LogP contribution in [0.2, 0.25) is 0 Å². The zero-order valence-electron chi connectivity index (χ0n) is 42.6. The van der Waals surface area contributed by atoms with E-state index in [9.17, 15) is 25.9 Å². The summed E-state index contributed by atoms with van der Waals surface area (Å²) in [4.78, 5) is 17.2. The molecule has 0 bridgehead atoms. The molecule has 12 aromatic rings. The maximum atomic E-state index is 13.1. The summed E-state index contributed by atoms with van der Waals surface area (Å²) in [5.74, 6) is 1.14. The summed E-state index contributed by atoms with van der Waals surface area (Å²) in [6, 6.07) is 47.2. The second kappa shape index (κ2) is 22.7. The highest BCUT2D eigenvalue weighted by molar-refractivity contribution is 7.86. The van der Waals surface area contributed by atoms with E-state index in [4.69, 9.17) is 0 Å². The summed E-state index contributed by atoms with van der Waals surface area (Å²) in [7, 11) is -9.97. The van der Waals surface area contributed by atoms with Gasteiger partial charge in [-0.15, -0.1) is 0 Å². The molecule has 0 saturated heterocycles. The van der Waals surface area contributed by atoms with Crippen molar-refractivity contribution in [2.45, 2.75) is 9.79 Å². The Morgan fingerprint density at radius 2 is 0.619 bits per heavy atom. The highest BCUT2D eigenvalue weighted by Gasteiger charge is 2.21. The van der Waals surface area contributed by atoms with Gasteiger partial charge in [-0.25, -0.2) is 0 Å². The van der Waals surface area contributed by atoms with Crippen molar-refractivity contribution in [3.63, 3.8) is 0 Å². The van der Waals surface area contributed by atoms with Crippen LogP contribution < -0.4 is 31.9 Å². The first-order chi connectivity index (χ1) is 40.8. The lowest BCUT2D eigenvalue weighted by atomic mass is 10.1. The SMILES string of the molecule is O=S(=O)(O)c1cc(Nc2nc(Nc3nnnn3-c3ccccc3)cc(Nc3nnnn3-c3ccccc3)n2)ccc1C=Cc1ccc(Nc2nc(Nc3nnnn3-c3ccccc3)cc(Nc3nnnn3-c3ccccc3)n2)cc1S(=O)(=O)O. The van der Waals surface area contributed by atoms with Crippen molar-refractivity contribution in [2.75, 3.05) is 31.9 Å². The minimum atomic E-state index is -4.99. The van der Waals surface area contributed by atoms with E-state index in [0.717, 1.165) is 12.1 Å². The molecule has 8 N–H and O–H groups in total. The number of anilines is 12. The fourth-order valence-corrected chi connectivity index (χ4v) is 9.56. The molecule has 0 aliphatic heterocycles. The van der Waals surface area contributed by atoms with Gasteiger partial charge in [0.2, 0.25) is 11.9 Å². The Labute approximate surface area is 472 Å². The van der Waals surface area contributed by atoms with Gasteiger partial charge in [0, 0.05) is 23.5 Å². The molecule has 0 radical (unpaired) electrons. The van der Waals surface area contributed by atoms with Gasteiger partial charge in [0.1, 0.15) is 33.1 Å². The molecule has 0 aliphatic carbocycles. The predicted octanol–water partition coefficient (Wildman–Crippen LogP) is 6.29. The lowest BCUT2D eigenvalue weighted by Crippen LogP contribution is -2.09. The molecule has 0 aliphatic rings. The van der Waals surface area contributed by atoms with Crippen LogP contribution >= 0.6 is 0 Å². The number of nitrogens with zero attached hydrogens (tertiary/aromatic N) is 20. The summed E-state index contributed by atoms with van der Waals surface area (Å²) >= 11 is 0. The Kier molecular flexibility index (Phi) is 14.3. The van der Waals surface area contributed by atoms with E-state index in [1.807, 2.05) is 72.8 Å². The van der Waals surface area contributed by atoms with Crippen molar-refractivity contribution in [3.8, 4) is 22.7 Å². The van der Waals surface area contributed by atoms with Crippen molar-refractivity contribution < 1.29 is 25.9 Å². The molecule has 416 valence electrons. The topological polar surface area (TPSA) is 407 Å². The fourth-order valence-electron chi connectivity index (χ4n) is 8.14. The largest absolute Gasteiger partial charge is 0.324 e. The molecule has 0 unspecified atom stereocenters. The zero-order chi connectivity index (χ0) is 57.6. The summed E-state index contributed by atoms with van der Waals surface area (Å²) in [6.07, 6.45) is 2.48. The van der Waals surface area contributed by atoms with Crippen LogP contribution in [0.1, 0.15) is 11.1 Å². The van der Waals surface area contributed by atoms with Crippen LogP contribution in [0.25, 0.3) is 34.9 Å². The average Bonchev–Trinajstić information content (AvgIpc) is 4.21. The lowest BCUT2D eigenvalue weighted by molar-refractivity contribution is 0.480. The van der Waals surface area contributed by atoms with E-state index in [1.54, 1.807) is 48.5 Å². The van der Waals surface area contributed by atoms with Gasteiger partial charge in [-0.3, -0.25) is 9.11 Å². The Morgan fingerprint density at radius 3 is 0.881 bits per heavy atom. The first-order valence-corrected chi connectivity index (χ1v) is 27.4. The fraction of sp³-hybridized carbons (Fsp3) is 0. The van der Waals surface area contributed by atoms with Gasteiger partial charge in [-0.1, -0.05) is 117 Å². The van der Waals surface area contributed by atoms with Crippen LogP contribution in [0.3, 0.4) is 0 Å². The van der Waals surface area contributed by atoms with Crippen LogP contribution in [0.15, 0.2) is 180 Å². The van der Waals surface area contributed by atoms with Crippen molar-refractivity contribution in [2.24, 2.45) is 0 Å². The van der Waals surface area contributed by atoms with Gasteiger partial charge in [0.15, 0.2) is 0 Å². The molecule has 6 aromatic carbocycles. The van der Waals surface area contributed by atoms with Gasteiger partial charge in [-0.05, 0) is 126 Å². The zero-order valence-corrected chi connectivity index (χ0v) is 44.2. The molecule has 34 heteroatoms. The van der Waals surface area contributed by atoms with E-state index in [0.29, 0.717) is 22.7 Å². The quantitative estimate of drug-likeness (QED) is 0.0307. The van der Waals surface area contributed by atoms with Gasteiger partial charge in [0.25, 0.3) is 44.0 Å². The number of benzene rings is 6. The third-order valence-corrected chi connectivity index (χ3v) is 13.6. The Bertz CT molecular complexity index is 4100. The van der Waals surface area contributed by atoms with Gasteiger partial charge in [0.05, 0.1) is 22.7 Å². The van der Waals surface area contributed by atoms with Crippen LogP contribution in [0.4, 0.5) is 70.3 Å². The minimum Gasteiger partial charge on any atom is -0.324 e. The van der Waals surface area contributed by atoms with Crippen LogP contribution in [-0.2, 0) is 20.2 Å². The number of tetrazole rings is 4. The molecular formula is C50H38N26O6S2. The molecular weight excluding hydrogens is 1120 g/mol. The highest BCUT2D eigenvalue weighted by atomic mass is 32.2.